The molecular weight excluding hydrogens is 318 g/mol. The van der Waals surface area contributed by atoms with Gasteiger partial charge in [-0.05, 0) is 53.9 Å². The molecule has 2 nitrogen and oxygen atoms in total. The van der Waals surface area contributed by atoms with E-state index in [4.69, 9.17) is 4.74 Å². The number of para-hydroxylation sites is 1. The van der Waals surface area contributed by atoms with Crippen LogP contribution in [0.1, 0.15) is 5.56 Å². The summed E-state index contributed by atoms with van der Waals surface area (Å²) in [5.74, 6) is 1.76. The lowest BCUT2D eigenvalue weighted by molar-refractivity contribution is 0.488. The minimum atomic E-state index is 0.873. The van der Waals surface area contributed by atoms with Gasteiger partial charge in [0.25, 0.3) is 0 Å². The summed E-state index contributed by atoms with van der Waals surface area (Å²) in [6, 6.07) is 27.1. The number of hydrogen-bond acceptors (Lipinski definition) is 2. The monoisotopic (exact) mass is 335 g/mol. The molecule has 1 aromatic heterocycles. The second-order valence-electron chi connectivity index (χ2n) is 6.58. The molecule has 0 aliphatic carbocycles. The Labute approximate surface area is 152 Å². The molecule has 0 saturated carbocycles. The van der Waals surface area contributed by atoms with Crippen LogP contribution in [0.2, 0.25) is 0 Å². The van der Waals surface area contributed by atoms with Crippen molar-refractivity contribution in [1.82, 2.24) is 4.98 Å². The summed E-state index contributed by atoms with van der Waals surface area (Å²) >= 11 is 0. The van der Waals surface area contributed by atoms with Crippen molar-refractivity contribution in [2.75, 3.05) is 0 Å². The summed E-state index contributed by atoms with van der Waals surface area (Å²) < 4.78 is 6.27. The van der Waals surface area contributed by atoms with Crippen LogP contribution in [0.5, 0.6) is 11.5 Å². The Kier molecular flexibility index (Phi) is 3.36. The van der Waals surface area contributed by atoms with Crippen molar-refractivity contribution in [1.29, 1.82) is 0 Å². The van der Waals surface area contributed by atoms with E-state index in [-0.39, 0.29) is 0 Å². The number of fused-ring (bicyclic) bond motifs is 5. The van der Waals surface area contributed by atoms with E-state index in [0.29, 0.717) is 0 Å². The molecule has 1 aliphatic rings. The summed E-state index contributed by atoms with van der Waals surface area (Å²) in [6.07, 6.45) is 1.90. The van der Waals surface area contributed by atoms with Crippen molar-refractivity contribution in [3.8, 4) is 45.0 Å². The van der Waals surface area contributed by atoms with E-state index in [2.05, 4.69) is 72.6 Å². The Morgan fingerprint density at radius 2 is 1.35 bits per heavy atom. The van der Waals surface area contributed by atoms with Gasteiger partial charge in [0.15, 0.2) is 0 Å². The van der Waals surface area contributed by atoms with Gasteiger partial charge in [-0.25, -0.2) is 0 Å². The molecule has 2 heteroatoms. The fourth-order valence-corrected chi connectivity index (χ4v) is 3.48. The standard InChI is InChI=1S/C24H17NO/c1-16-10-12-22(25-15-16)17-11-13-24-21(14-17)19-7-3-2-6-18(19)20-8-4-5-9-23(20)26-24/h2-15H,1H3. The predicted octanol–water partition coefficient (Wildman–Crippen LogP) is 6.50. The predicted molar refractivity (Wildman–Crippen MR) is 105 cm³/mol. The van der Waals surface area contributed by atoms with Crippen LogP contribution < -0.4 is 4.74 Å². The minimum Gasteiger partial charge on any atom is -0.456 e. The Morgan fingerprint density at radius 1 is 0.654 bits per heavy atom. The zero-order chi connectivity index (χ0) is 17.5. The van der Waals surface area contributed by atoms with Crippen LogP contribution in [0.25, 0.3) is 33.5 Å². The molecule has 0 amide bonds. The highest BCUT2D eigenvalue weighted by Crippen LogP contribution is 2.47. The fourth-order valence-electron chi connectivity index (χ4n) is 3.48. The Balaban J connectivity index is 1.75. The number of ether oxygens (including phenoxy) is 1. The summed E-state index contributed by atoms with van der Waals surface area (Å²) in [7, 11) is 0. The van der Waals surface area contributed by atoms with E-state index in [1.807, 2.05) is 24.4 Å². The van der Waals surface area contributed by atoms with Crippen LogP contribution in [0.3, 0.4) is 0 Å². The topological polar surface area (TPSA) is 22.1 Å². The van der Waals surface area contributed by atoms with Gasteiger partial charge in [0.05, 0.1) is 5.69 Å². The molecular formula is C24H17NO. The van der Waals surface area contributed by atoms with Gasteiger partial charge in [-0.3, -0.25) is 4.98 Å². The van der Waals surface area contributed by atoms with Crippen molar-refractivity contribution < 1.29 is 4.74 Å². The first-order valence-corrected chi connectivity index (χ1v) is 8.73. The van der Waals surface area contributed by atoms with Gasteiger partial charge >= 0.3 is 0 Å². The molecule has 0 bridgehead atoms. The third-order valence-corrected chi connectivity index (χ3v) is 4.80. The van der Waals surface area contributed by atoms with Crippen LogP contribution in [-0.4, -0.2) is 4.98 Å². The summed E-state index contributed by atoms with van der Waals surface area (Å²) in [4.78, 5) is 4.58. The fraction of sp³-hybridized carbons (Fsp3) is 0.0417. The quantitative estimate of drug-likeness (QED) is 0.349. The van der Waals surface area contributed by atoms with Crippen LogP contribution in [0.15, 0.2) is 85.1 Å². The number of hydrogen-bond donors (Lipinski definition) is 0. The van der Waals surface area contributed by atoms with Crippen molar-refractivity contribution in [2.45, 2.75) is 6.92 Å². The molecule has 0 N–H and O–H groups in total. The molecule has 3 aromatic carbocycles. The molecule has 124 valence electrons. The largest absolute Gasteiger partial charge is 0.456 e. The van der Waals surface area contributed by atoms with Gasteiger partial charge in [0.1, 0.15) is 11.5 Å². The number of rotatable bonds is 1. The van der Waals surface area contributed by atoms with E-state index < -0.39 is 0 Å². The van der Waals surface area contributed by atoms with Gasteiger partial charge in [0.2, 0.25) is 0 Å². The molecule has 26 heavy (non-hydrogen) atoms. The minimum absolute atomic E-state index is 0.873. The highest BCUT2D eigenvalue weighted by atomic mass is 16.5. The second kappa shape index (κ2) is 5.85. The highest BCUT2D eigenvalue weighted by molar-refractivity contribution is 5.91. The van der Waals surface area contributed by atoms with Crippen molar-refractivity contribution >= 4 is 0 Å². The van der Waals surface area contributed by atoms with E-state index in [1.165, 1.54) is 11.1 Å². The molecule has 5 rings (SSSR count). The molecule has 4 aromatic rings. The maximum absolute atomic E-state index is 6.27. The van der Waals surface area contributed by atoms with Crippen molar-refractivity contribution in [2.24, 2.45) is 0 Å². The first-order valence-electron chi connectivity index (χ1n) is 8.73. The van der Waals surface area contributed by atoms with Crippen LogP contribution in [0, 0.1) is 6.92 Å². The molecule has 0 atom stereocenters. The molecule has 2 heterocycles. The molecule has 0 spiro atoms. The number of benzene rings is 3. The van der Waals surface area contributed by atoms with Crippen molar-refractivity contribution in [3.63, 3.8) is 0 Å². The summed E-state index contributed by atoms with van der Waals surface area (Å²) in [6.45, 7) is 2.05. The number of nitrogens with zero attached hydrogens (tertiary/aromatic N) is 1. The smallest absolute Gasteiger partial charge is 0.135 e. The highest BCUT2D eigenvalue weighted by Gasteiger charge is 2.20. The maximum atomic E-state index is 6.27. The zero-order valence-corrected chi connectivity index (χ0v) is 14.4. The van der Waals surface area contributed by atoms with Gasteiger partial charge < -0.3 is 4.74 Å². The average molecular weight is 335 g/mol. The first kappa shape index (κ1) is 14.9. The van der Waals surface area contributed by atoms with Gasteiger partial charge in [0, 0.05) is 22.9 Å². The molecule has 1 aliphatic heterocycles. The third kappa shape index (κ3) is 2.39. The van der Waals surface area contributed by atoms with Crippen LogP contribution >= 0.6 is 0 Å². The molecule has 0 saturated heterocycles. The lowest BCUT2D eigenvalue weighted by Crippen LogP contribution is -1.89. The van der Waals surface area contributed by atoms with Gasteiger partial charge in [-0.15, -0.1) is 0 Å². The average Bonchev–Trinajstić information content (AvgIpc) is 2.83. The lowest BCUT2D eigenvalue weighted by atomic mass is 9.93. The van der Waals surface area contributed by atoms with Crippen LogP contribution in [0.4, 0.5) is 0 Å². The molecule has 0 unspecified atom stereocenters. The second-order valence-corrected chi connectivity index (χ2v) is 6.58. The number of pyridine rings is 1. The van der Waals surface area contributed by atoms with Crippen LogP contribution in [-0.2, 0) is 0 Å². The lowest BCUT2D eigenvalue weighted by Gasteiger charge is -2.11. The normalized spacial score (nSPS) is 11.6. The first-order chi connectivity index (χ1) is 12.8. The third-order valence-electron chi connectivity index (χ3n) is 4.80. The van der Waals surface area contributed by atoms with Gasteiger partial charge in [-0.2, -0.15) is 0 Å². The summed E-state index contributed by atoms with van der Waals surface area (Å²) in [5.41, 5.74) is 7.81. The Bertz CT molecular complexity index is 1110. The summed E-state index contributed by atoms with van der Waals surface area (Å²) in [5, 5.41) is 0. The van der Waals surface area contributed by atoms with E-state index in [0.717, 1.165) is 39.4 Å². The Hall–Kier alpha value is -3.39. The Morgan fingerprint density at radius 3 is 2.12 bits per heavy atom. The molecule has 0 radical (unpaired) electrons. The van der Waals surface area contributed by atoms with Gasteiger partial charge in [-0.1, -0.05) is 48.5 Å². The number of aromatic nitrogens is 1. The van der Waals surface area contributed by atoms with E-state index in [9.17, 15) is 0 Å². The SMILES string of the molecule is Cc1ccc(-c2ccc3c(c2)-c2ccccc2-c2ccccc2O3)nc1. The van der Waals surface area contributed by atoms with Crippen molar-refractivity contribution in [3.05, 3.63) is 90.6 Å². The van der Waals surface area contributed by atoms with E-state index in [1.54, 1.807) is 0 Å². The molecule has 0 fully saturated rings. The van der Waals surface area contributed by atoms with E-state index >= 15 is 0 Å². The zero-order valence-electron chi connectivity index (χ0n) is 14.4. The maximum Gasteiger partial charge on any atom is 0.135 e. The number of aryl methyl sites for hydroxylation is 1.